The van der Waals surface area contributed by atoms with Crippen LogP contribution in [0.1, 0.15) is 5.56 Å². The van der Waals surface area contributed by atoms with Gasteiger partial charge in [-0.15, -0.1) is 0 Å². The first-order valence-corrected chi connectivity index (χ1v) is 9.72. The van der Waals surface area contributed by atoms with Crippen molar-refractivity contribution in [1.82, 2.24) is 9.97 Å². The van der Waals surface area contributed by atoms with E-state index >= 15 is 0 Å². The summed E-state index contributed by atoms with van der Waals surface area (Å²) < 4.78 is 14.1. The first-order valence-electron chi connectivity index (χ1n) is 9.72. The summed E-state index contributed by atoms with van der Waals surface area (Å²) in [6.45, 7) is 3.99. The van der Waals surface area contributed by atoms with Crippen molar-refractivity contribution in [1.29, 1.82) is 0 Å². The van der Waals surface area contributed by atoms with E-state index < -0.39 is 0 Å². The third-order valence-electron chi connectivity index (χ3n) is 5.55. The standard InChI is InChI=1S/C22H22FN5/c23-18-6-2-4-8-20(18)26-13-15-27(16-14-26)22-24-11-9-21(25-22)28-12-10-17-5-1-3-7-19(17)28/h1-9,11H,10,12-16H2. The van der Waals surface area contributed by atoms with Crippen molar-refractivity contribution in [3.8, 4) is 0 Å². The molecule has 5 rings (SSSR count). The predicted molar refractivity (Wildman–Crippen MR) is 110 cm³/mol. The highest BCUT2D eigenvalue weighted by Crippen LogP contribution is 2.33. The molecule has 0 spiro atoms. The lowest BCUT2D eigenvalue weighted by molar-refractivity contribution is 0.594. The van der Waals surface area contributed by atoms with E-state index in [1.807, 2.05) is 24.4 Å². The number of hydrogen-bond acceptors (Lipinski definition) is 5. The number of fused-ring (bicyclic) bond motifs is 1. The zero-order valence-electron chi connectivity index (χ0n) is 15.6. The highest BCUT2D eigenvalue weighted by atomic mass is 19.1. The Bertz CT molecular complexity index is 984. The maximum atomic E-state index is 14.1. The Labute approximate surface area is 164 Å². The van der Waals surface area contributed by atoms with Gasteiger partial charge in [0.2, 0.25) is 5.95 Å². The quantitative estimate of drug-likeness (QED) is 0.699. The number of aromatic nitrogens is 2. The van der Waals surface area contributed by atoms with Crippen LogP contribution < -0.4 is 14.7 Å². The highest BCUT2D eigenvalue weighted by molar-refractivity contribution is 5.68. The number of anilines is 4. The lowest BCUT2D eigenvalue weighted by Gasteiger charge is -2.36. The topological polar surface area (TPSA) is 35.5 Å². The number of piperazine rings is 1. The molecule has 6 heteroatoms. The highest BCUT2D eigenvalue weighted by Gasteiger charge is 2.24. The van der Waals surface area contributed by atoms with Gasteiger partial charge in [-0.2, -0.15) is 4.98 Å². The van der Waals surface area contributed by atoms with E-state index in [0.717, 1.165) is 50.9 Å². The monoisotopic (exact) mass is 375 g/mol. The summed E-state index contributed by atoms with van der Waals surface area (Å²) >= 11 is 0. The molecular formula is C22H22FN5. The van der Waals surface area contributed by atoms with Crippen LogP contribution >= 0.6 is 0 Å². The maximum absolute atomic E-state index is 14.1. The number of benzene rings is 2. The Morgan fingerprint density at radius 2 is 1.46 bits per heavy atom. The zero-order chi connectivity index (χ0) is 18.9. The van der Waals surface area contributed by atoms with Gasteiger partial charge in [0, 0.05) is 44.6 Å². The number of halogens is 1. The fourth-order valence-electron chi connectivity index (χ4n) is 4.07. The van der Waals surface area contributed by atoms with Crippen LogP contribution in [-0.4, -0.2) is 42.7 Å². The molecule has 142 valence electrons. The van der Waals surface area contributed by atoms with Crippen molar-refractivity contribution in [3.05, 3.63) is 72.2 Å². The van der Waals surface area contributed by atoms with Crippen LogP contribution in [0.15, 0.2) is 60.8 Å². The first kappa shape index (κ1) is 17.0. The van der Waals surface area contributed by atoms with E-state index in [0.29, 0.717) is 5.69 Å². The SMILES string of the molecule is Fc1ccccc1N1CCN(c2nccc(N3CCc4ccccc43)n2)CC1. The van der Waals surface area contributed by atoms with Gasteiger partial charge < -0.3 is 14.7 Å². The fraction of sp³-hybridized carbons (Fsp3) is 0.273. The van der Waals surface area contributed by atoms with E-state index in [2.05, 4.69) is 43.9 Å². The van der Waals surface area contributed by atoms with Crippen molar-refractivity contribution in [2.24, 2.45) is 0 Å². The molecule has 0 bridgehead atoms. The Hall–Kier alpha value is -3.15. The maximum Gasteiger partial charge on any atom is 0.227 e. The van der Waals surface area contributed by atoms with E-state index in [1.165, 1.54) is 17.3 Å². The van der Waals surface area contributed by atoms with Gasteiger partial charge >= 0.3 is 0 Å². The number of hydrogen-bond donors (Lipinski definition) is 0. The molecule has 3 aromatic rings. The minimum Gasteiger partial charge on any atom is -0.366 e. The van der Waals surface area contributed by atoms with Crippen molar-refractivity contribution < 1.29 is 4.39 Å². The molecule has 28 heavy (non-hydrogen) atoms. The average molecular weight is 375 g/mol. The van der Waals surface area contributed by atoms with Gasteiger partial charge in [-0.1, -0.05) is 30.3 Å². The minimum absolute atomic E-state index is 0.165. The van der Waals surface area contributed by atoms with Crippen molar-refractivity contribution in [2.45, 2.75) is 6.42 Å². The van der Waals surface area contributed by atoms with Crippen LogP contribution in [0, 0.1) is 5.82 Å². The Balaban J connectivity index is 1.32. The van der Waals surface area contributed by atoms with Crippen molar-refractivity contribution in [2.75, 3.05) is 47.4 Å². The molecule has 3 heterocycles. The van der Waals surface area contributed by atoms with Gasteiger partial charge in [0.1, 0.15) is 11.6 Å². The normalized spacial score (nSPS) is 16.4. The summed E-state index contributed by atoms with van der Waals surface area (Å²) in [5.41, 5.74) is 3.27. The van der Waals surface area contributed by atoms with Gasteiger partial charge in [-0.05, 0) is 36.2 Å². The number of nitrogens with zero attached hydrogens (tertiary/aromatic N) is 5. The molecule has 0 saturated carbocycles. The Kier molecular flexibility index (Phi) is 4.31. The van der Waals surface area contributed by atoms with Gasteiger partial charge in [0.25, 0.3) is 0 Å². The molecule has 2 aromatic carbocycles. The number of rotatable bonds is 3. The molecule has 2 aliphatic rings. The Morgan fingerprint density at radius 3 is 2.29 bits per heavy atom. The zero-order valence-corrected chi connectivity index (χ0v) is 15.6. The summed E-state index contributed by atoms with van der Waals surface area (Å²) in [4.78, 5) is 15.9. The van der Waals surface area contributed by atoms with Crippen LogP contribution in [0.3, 0.4) is 0 Å². The third-order valence-corrected chi connectivity index (χ3v) is 5.55. The minimum atomic E-state index is -0.165. The second kappa shape index (κ2) is 7.11. The summed E-state index contributed by atoms with van der Waals surface area (Å²) in [5, 5.41) is 0. The van der Waals surface area contributed by atoms with E-state index in [4.69, 9.17) is 4.98 Å². The van der Waals surface area contributed by atoms with E-state index in [1.54, 1.807) is 6.07 Å². The van der Waals surface area contributed by atoms with Crippen LogP contribution in [-0.2, 0) is 6.42 Å². The average Bonchev–Trinajstić information content (AvgIpc) is 3.19. The second-order valence-corrected chi connectivity index (χ2v) is 7.17. The van der Waals surface area contributed by atoms with Crippen LogP contribution in [0.4, 0.5) is 27.5 Å². The molecule has 0 unspecified atom stereocenters. The first-order chi connectivity index (χ1) is 13.8. The molecule has 0 radical (unpaired) electrons. The van der Waals surface area contributed by atoms with Crippen molar-refractivity contribution >= 4 is 23.1 Å². The second-order valence-electron chi connectivity index (χ2n) is 7.17. The summed E-state index contributed by atoms with van der Waals surface area (Å²) in [7, 11) is 0. The van der Waals surface area contributed by atoms with Crippen LogP contribution in [0.2, 0.25) is 0 Å². The fourth-order valence-corrected chi connectivity index (χ4v) is 4.07. The molecule has 1 aromatic heterocycles. The molecular weight excluding hydrogens is 353 g/mol. The molecule has 2 aliphatic heterocycles. The largest absolute Gasteiger partial charge is 0.366 e. The van der Waals surface area contributed by atoms with Gasteiger partial charge in [-0.25, -0.2) is 9.37 Å². The molecule has 0 atom stereocenters. The van der Waals surface area contributed by atoms with Crippen LogP contribution in [0.25, 0.3) is 0 Å². The van der Waals surface area contributed by atoms with E-state index in [9.17, 15) is 4.39 Å². The Morgan fingerprint density at radius 1 is 0.750 bits per heavy atom. The predicted octanol–water partition coefficient (Wildman–Crippen LogP) is 3.64. The summed E-state index contributed by atoms with van der Waals surface area (Å²) in [6, 6.07) is 17.4. The van der Waals surface area contributed by atoms with Gasteiger partial charge in [0.05, 0.1) is 5.69 Å². The van der Waals surface area contributed by atoms with Gasteiger partial charge in [-0.3, -0.25) is 0 Å². The molecule has 5 nitrogen and oxygen atoms in total. The number of para-hydroxylation sites is 2. The molecule has 1 saturated heterocycles. The molecule has 0 aliphatic carbocycles. The van der Waals surface area contributed by atoms with Gasteiger partial charge in [0.15, 0.2) is 0 Å². The molecule has 0 amide bonds. The summed E-state index contributed by atoms with van der Waals surface area (Å²) in [6.07, 6.45) is 2.87. The lowest BCUT2D eigenvalue weighted by Crippen LogP contribution is -2.47. The molecule has 0 N–H and O–H groups in total. The van der Waals surface area contributed by atoms with Crippen molar-refractivity contribution in [3.63, 3.8) is 0 Å². The third kappa shape index (κ3) is 3.05. The van der Waals surface area contributed by atoms with E-state index in [-0.39, 0.29) is 5.82 Å². The summed E-state index contributed by atoms with van der Waals surface area (Å²) in [5.74, 6) is 1.52. The smallest absolute Gasteiger partial charge is 0.227 e. The molecule has 1 fully saturated rings. The van der Waals surface area contributed by atoms with Crippen LogP contribution in [0.5, 0.6) is 0 Å². The lowest BCUT2D eigenvalue weighted by atomic mass is 10.2.